The van der Waals surface area contributed by atoms with Crippen molar-refractivity contribution >= 4 is 37.8 Å². The number of anilines is 1. The predicted molar refractivity (Wildman–Crippen MR) is 144 cm³/mol. The van der Waals surface area contributed by atoms with Gasteiger partial charge in [0.05, 0.1) is 13.4 Å². The van der Waals surface area contributed by atoms with Gasteiger partial charge in [0.15, 0.2) is 5.78 Å². The SMILES string of the molecule is COc1c(C(C)(C)C)cc(C2=CC=C(C)CC2=O)c2ccc(N3CC[C@H](CNS(C)(=O)=O)C3)cc12. The highest BCUT2D eigenvalue weighted by Gasteiger charge is 2.28. The monoisotopic (exact) mass is 496 g/mol. The third-order valence-corrected chi connectivity index (χ3v) is 7.62. The first-order chi connectivity index (χ1) is 16.4. The molecule has 2 aliphatic rings. The van der Waals surface area contributed by atoms with Crippen LogP contribution in [-0.4, -0.2) is 47.2 Å². The van der Waals surface area contributed by atoms with E-state index in [9.17, 15) is 13.2 Å². The number of nitrogens with one attached hydrogen (secondary N) is 1. The number of methoxy groups -OCH3 is 1. The van der Waals surface area contributed by atoms with Crippen molar-refractivity contribution in [3.8, 4) is 5.75 Å². The van der Waals surface area contributed by atoms with Gasteiger partial charge in [-0.3, -0.25) is 4.79 Å². The minimum absolute atomic E-state index is 0.140. The van der Waals surface area contributed by atoms with E-state index in [4.69, 9.17) is 4.74 Å². The van der Waals surface area contributed by atoms with Gasteiger partial charge < -0.3 is 9.64 Å². The van der Waals surface area contributed by atoms with Crippen molar-refractivity contribution in [3.63, 3.8) is 0 Å². The van der Waals surface area contributed by atoms with Gasteiger partial charge in [-0.15, -0.1) is 0 Å². The number of allylic oxidation sites excluding steroid dienone is 4. The van der Waals surface area contributed by atoms with Crippen LogP contribution in [0.3, 0.4) is 0 Å². The fourth-order valence-electron chi connectivity index (χ4n) is 5.05. The lowest BCUT2D eigenvalue weighted by Crippen LogP contribution is -2.30. The second-order valence-electron chi connectivity index (χ2n) is 10.9. The molecule has 0 spiro atoms. The number of hydrogen-bond acceptors (Lipinski definition) is 5. The lowest BCUT2D eigenvalue weighted by Gasteiger charge is -2.27. The Labute approximate surface area is 209 Å². The van der Waals surface area contributed by atoms with Crippen LogP contribution in [0, 0.1) is 5.92 Å². The summed E-state index contributed by atoms with van der Waals surface area (Å²) in [6, 6.07) is 8.48. The number of hydrogen-bond donors (Lipinski definition) is 1. The fraction of sp³-hybridized carbons (Fsp3) is 0.464. The maximum absolute atomic E-state index is 13.0. The summed E-state index contributed by atoms with van der Waals surface area (Å²) in [4.78, 5) is 15.3. The lowest BCUT2D eigenvalue weighted by molar-refractivity contribution is -0.113. The van der Waals surface area contributed by atoms with Gasteiger partial charge in [-0.1, -0.05) is 44.6 Å². The number of benzene rings is 2. The standard InChI is InChI=1S/C28H36N2O4S/c1-18-7-9-22(26(31)13-18)23-15-25(28(2,3)4)27(34-5)24-14-20(8-10-21(23)24)30-12-11-19(17-30)16-29-35(6,32)33/h7-10,14-15,19,29H,11-13,16-17H2,1-6H3/t19-/m1/s1. The molecule has 1 heterocycles. The van der Waals surface area contributed by atoms with E-state index in [1.54, 1.807) is 7.11 Å². The van der Waals surface area contributed by atoms with Crippen LogP contribution >= 0.6 is 0 Å². The van der Waals surface area contributed by atoms with Gasteiger partial charge >= 0.3 is 0 Å². The molecule has 1 aliphatic heterocycles. The van der Waals surface area contributed by atoms with Crippen LogP contribution in [0.2, 0.25) is 0 Å². The zero-order chi connectivity index (χ0) is 25.5. The van der Waals surface area contributed by atoms with E-state index < -0.39 is 10.0 Å². The average Bonchev–Trinajstić information content (AvgIpc) is 3.24. The molecule has 35 heavy (non-hydrogen) atoms. The highest BCUT2D eigenvalue weighted by molar-refractivity contribution is 7.88. The Morgan fingerprint density at radius 1 is 1.14 bits per heavy atom. The molecule has 7 heteroatoms. The zero-order valence-corrected chi connectivity index (χ0v) is 22.4. The molecule has 0 aromatic heterocycles. The lowest BCUT2D eigenvalue weighted by atomic mass is 9.80. The molecule has 0 unspecified atom stereocenters. The number of fused-ring (bicyclic) bond motifs is 1. The normalized spacial score (nSPS) is 19.2. The van der Waals surface area contributed by atoms with Gasteiger partial charge in [-0.25, -0.2) is 13.1 Å². The van der Waals surface area contributed by atoms with E-state index in [-0.39, 0.29) is 17.1 Å². The molecule has 1 N–H and O–H groups in total. The molecule has 1 atom stereocenters. The number of Topliss-reactive ketones (excluding diaryl/α,β-unsaturated/α-hetero) is 1. The van der Waals surface area contributed by atoms with Crippen LogP contribution in [0.25, 0.3) is 16.3 Å². The molecule has 2 aromatic rings. The third-order valence-electron chi connectivity index (χ3n) is 6.93. The van der Waals surface area contributed by atoms with Crippen LogP contribution < -0.4 is 14.4 Å². The predicted octanol–water partition coefficient (Wildman–Crippen LogP) is 4.82. The summed E-state index contributed by atoms with van der Waals surface area (Å²) in [5.74, 6) is 1.24. The Morgan fingerprint density at radius 3 is 2.51 bits per heavy atom. The first kappa shape index (κ1) is 25.5. The van der Waals surface area contributed by atoms with Crippen LogP contribution in [0.5, 0.6) is 5.75 Å². The maximum atomic E-state index is 13.0. The highest BCUT2D eigenvalue weighted by atomic mass is 32.2. The first-order valence-corrected chi connectivity index (χ1v) is 14.0. The average molecular weight is 497 g/mol. The Kier molecular flexibility index (Phi) is 6.86. The topological polar surface area (TPSA) is 75.7 Å². The number of sulfonamides is 1. The second kappa shape index (κ2) is 9.43. The maximum Gasteiger partial charge on any atom is 0.208 e. The molecule has 0 saturated carbocycles. The number of nitrogens with zero attached hydrogens (tertiary/aromatic N) is 1. The van der Waals surface area contributed by atoms with Gasteiger partial charge in [0.1, 0.15) is 5.75 Å². The van der Waals surface area contributed by atoms with Gasteiger partial charge in [0, 0.05) is 48.3 Å². The molecule has 1 fully saturated rings. The number of carbonyl (C=O) groups excluding carboxylic acids is 1. The number of ether oxygens (including phenoxy) is 1. The molecule has 0 bridgehead atoms. The molecular formula is C28H36N2O4S. The molecule has 188 valence electrons. The fourth-order valence-corrected chi connectivity index (χ4v) is 5.59. The molecule has 1 saturated heterocycles. The van der Waals surface area contributed by atoms with Crippen LogP contribution in [-0.2, 0) is 20.2 Å². The van der Waals surface area contributed by atoms with E-state index in [1.165, 1.54) is 6.26 Å². The Morgan fingerprint density at radius 2 is 1.89 bits per heavy atom. The summed E-state index contributed by atoms with van der Waals surface area (Å²) in [6.07, 6.45) is 6.55. The molecule has 4 rings (SSSR count). The summed E-state index contributed by atoms with van der Waals surface area (Å²) < 4.78 is 31.6. The van der Waals surface area contributed by atoms with Crippen molar-refractivity contribution in [1.29, 1.82) is 0 Å². The van der Waals surface area contributed by atoms with Crippen LogP contribution in [0.4, 0.5) is 5.69 Å². The Hall–Kier alpha value is -2.64. The van der Waals surface area contributed by atoms with E-state index in [1.807, 2.05) is 19.1 Å². The molecule has 2 aromatic carbocycles. The van der Waals surface area contributed by atoms with Gasteiger partial charge in [-0.05, 0) is 53.8 Å². The molecule has 1 aliphatic carbocycles. The Bertz CT molecular complexity index is 1330. The Balaban J connectivity index is 1.80. The van der Waals surface area contributed by atoms with Crippen molar-refractivity contribution in [2.24, 2.45) is 5.92 Å². The molecule has 6 nitrogen and oxygen atoms in total. The quantitative estimate of drug-likeness (QED) is 0.620. The summed E-state index contributed by atoms with van der Waals surface area (Å²) >= 11 is 0. The highest BCUT2D eigenvalue weighted by Crippen LogP contribution is 2.43. The van der Waals surface area contributed by atoms with E-state index >= 15 is 0 Å². The second-order valence-corrected chi connectivity index (χ2v) is 12.7. The van der Waals surface area contributed by atoms with Crippen molar-refractivity contribution in [2.45, 2.75) is 46.0 Å². The summed E-state index contributed by atoms with van der Waals surface area (Å²) in [5, 5.41) is 1.99. The molecular weight excluding hydrogens is 460 g/mol. The van der Waals surface area contributed by atoms with Crippen molar-refractivity contribution in [2.75, 3.05) is 37.9 Å². The summed E-state index contributed by atoms with van der Waals surface area (Å²) in [6.45, 7) is 10.6. The third kappa shape index (κ3) is 5.46. The minimum atomic E-state index is -3.20. The van der Waals surface area contributed by atoms with Gasteiger partial charge in [-0.2, -0.15) is 0 Å². The van der Waals surface area contributed by atoms with Crippen molar-refractivity contribution in [3.05, 3.63) is 53.1 Å². The largest absolute Gasteiger partial charge is 0.496 e. The summed E-state index contributed by atoms with van der Waals surface area (Å²) in [5.41, 5.74) is 4.73. The van der Waals surface area contributed by atoms with E-state index in [2.05, 4.69) is 54.7 Å². The van der Waals surface area contributed by atoms with E-state index in [0.29, 0.717) is 13.0 Å². The minimum Gasteiger partial charge on any atom is -0.496 e. The smallest absolute Gasteiger partial charge is 0.208 e. The summed E-state index contributed by atoms with van der Waals surface area (Å²) in [7, 11) is -1.49. The number of rotatable bonds is 6. The zero-order valence-electron chi connectivity index (χ0n) is 21.6. The van der Waals surface area contributed by atoms with Crippen LogP contribution in [0.15, 0.2) is 42.0 Å². The number of carbonyl (C=O) groups is 1. The van der Waals surface area contributed by atoms with E-state index in [0.717, 1.165) is 64.0 Å². The van der Waals surface area contributed by atoms with Crippen LogP contribution in [0.1, 0.15) is 51.7 Å². The van der Waals surface area contributed by atoms with Gasteiger partial charge in [0.25, 0.3) is 0 Å². The van der Waals surface area contributed by atoms with Crippen molar-refractivity contribution < 1.29 is 17.9 Å². The number of ketones is 1. The molecule has 0 amide bonds. The molecule has 0 radical (unpaired) electrons. The van der Waals surface area contributed by atoms with Crippen molar-refractivity contribution in [1.82, 2.24) is 4.72 Å². The van der Waals surface area contributed by atoms with Gasteiger partial charge in [0.2, 0.25) is 10.0 Å². The first-order valence-electron chi connectivity index (χ1n) is 12.1.